The molecule has 1 aromatic carbocycles. The van der Waals surface area contributed by atoms with Crippen molar-refractivity contribution in [2.45, 2.75) is 38.2 Å². The van der Waals surface area contributed by atoms with E-state index in [2.05, 4.69) is 20.9 Å². The van der Waals surface area contributed by atoms with Crippen molar-refractivity contribution in [2.24, 2.45) is 0 Å². The average Bonchev–Trinajstić information content (AvgIpc) is 2.59. The van der Waals surface area contributed by atoms with Crippen LogP contribution in [0, 0.1) is 0 Å². The first kappa shape index (κ1) is 19.2. The summed E-state index contributed by atoms with van der Waals surface area (Å²) >= 11 is 3.39. The Morgan fingerprint density at radius 3 is 2.40 bits per heavy atom. The van der Waals surface area contributed by atoms with Crippen molar-refractivity contribution in [3.8, 4) is 11.6 Å². The number of alkyl halides is 1. The fourth-order valence-corrected chi connectivity index (χ4v) is 2.57. The van der Waals surface area contributed by atoms with Gasteiger partial charge in [0.2, 0.25) is 5.88 Å². The quantitative estimate of drug-likeness (QED) is 0.670. The standard InChI is InChI=1S/C19H23BrN2O3/c1-19(2,3)22(13-14-5-7-16(24-4)8-6-14)18(23)25-17-11-15(12-20)9-10-21-17/h5-11H,12-13H2,1-4H3. The molecule has 6 heteroatoms. The zero-order chi connectivity index (χ0) is 18.4. The molecule has 0 saturated carbocycles. The van der Waals surface area contributed by atoms with Gasteiger partial charge in [0, 0.05) is 29.7 Å². The van der Waals surface area contributed by atoms with E-state index in [1.165, 1.54) is 0 Å². The number of hydrogen-bond donors (Lipinski definition) is 0. The molecule has 134 valence electrons. The predicted octanol–water partition coefficient (Wildman–Crippen LogP) is 4.78. The summed E-state index contributed by atoms with van der Waals surface area (Å²) in [7, 11) is 1.63. The van der Waals surface area contributed by atoms with Crippen LogP contribution in [0.2, 0.25) is 0 Å². The molecule has 0 spiro atoms. The van der Waals surface area contributed by atoms with Crippen LogP contribution >= 0.6 is 15.9 Å². The van der Waals surface area contributed by atoms with E-state index in [4.69, 9.17) is 9.47 Å². The molecule has 1 amide bonds. The van der Waals surface area contributed by atoms with Crippen molar-refractivity contribution in [3.05, 3.63) is 53.7 Å². The van der Waals surface area contributed by atoms with E-state index in [1.54, 1.807) is 24.3 Å². The van der Waals surface area contributed by atoms with E-state index < -0.39 is 11.6 Å². The van der Waals surface area contributed by atoms with E-state index in [-0.39, 0.29) is 0 Å². The maximum absolute atomic E-state index is 12.7. The summed E-state index contributed by atoms with van der Waals surface area (Å²) in [6.45, 7) is 6.35. The summed E-state index contributed by atoms with van der Waals surface area (Å²) in [5, 5.41) is 0.675. The van der Waals surface area contributed by atoms with Crippen LogP contribution in [0.1, 0.15) is 31.9 Å². The van der Waals surface area contributed by atoms with Crippen molar-refractivity contribution in [2.75, 3.05) is 7.11 Å². The lowest BCUT2D eigenvalue weighted by Crippen LogP contribution is -2.46. The Bertz CT molecular complexity index is 711. The molecular formula is C19H23BrN2O3. The number of ether oxygens (including phenoxy) is 2. The van der Waals surface area contributed by atoms with Gasteiger partial charge in [-0.05, 0) is 50.1 Å². The van der Waals surface area contributed by atoms with Gasteiger partial charge in [-0.25, -0.2) is 9.78 Å². The van der Waals surface area contributed by atoms with E-state index >= 15 is 0 Å². The lowest BCUT2D eigenvalue weighted by Gasteiger charge is -2.34. The topological polar surface area (TPSA) is 51.7 Å². The van der Waals surface area contributed by atoms with Gasteiger partial charge in [0.05, 0.1) is 7.11 Å². The smallest absolute Gasteiger partial charge is 0.417 e. The lowest BCUT2D eigenvalue weighted by atomic mass is 10.1. The molecule has 2 aromatic rings. The van der Waals surface area contributed by atoms with Crippen molar-refractivity contribution in [1.29, 1.82) is 0 Å². The molecule has 0 aliphatic heterocycles. The Kier molecular flexibility index (Phi) is 6.42. The Morgan fingerprint density at radius 2 is 1.84 bits per heavy atom. The van der Waals surface area contributed by atoms with Gasteiger partial charge in [-0.3, -0.25) is 4.90 Å². The number of halogens is 1. The Labute approximate surface area is 157 Å². The number of benzene rings is 1. The summed E-state index contributed by atoms with van der Waals surface area (Å²) < 4.78 is 10.7. The molecule has 25 heavy (non-hydrogen) atoms. The van der Waals surface area contributed by atoms with Crippen LogP contribution in [-0.4, -0.2) is 28.6 Å². The summed E-state index contributed by atoms with van der Waals surface area (Å²) in [4.78, 5) is 18.5. The summed E-state index contributed by atoms with van der Waals surface area (Å²) in [6.07, 6.45) is 1.20. The zero-order valence-corrected chi connectivity index (χ0v) is 16.5. The minimum Gasteiger partial charge on any atom is -0.497 e. The second kappa shape index (κ2) is 8.34. The van der Waals surface area contributed by atoms with Crippen molar-refractivity contribution < 1.29 is 14.3 Å². The number of carbonyl (C=O) groups is 1. The Hall–Kier alpha value is -2.08. The van der Waals surface area contributed by atoms with Crippen LogP contribution < -0.4 is 9.47 Å². The first-order valence-electron chi connectivity index (χ1n) is 7.97. The molecule has 1 aromatic heterocycles. The number of pyridine rings is 1. The number of rotatable bonds is 5. The summed E-state index contributed by atoms with van der Waals surface area (Å²) in [5.41, 5.74) is 1.59. The first-order valence-corrected chi connectivity index (χ1v) is 9.09. The third-order valence-corrected chi connectivity index (χ3v) is 4.32. The maximum atomic E-state index is 12.7. The maximum Gasteiger partial charge on any atom is 0.417 e. The second-order valence-corrected chi connectivity index (χ2v) is 7.17. The van der Waals surface area contributed by atoms with Gasteiger partial charge >= 0.3 is 6.09 Å². The Morgan fingerprint density at radius 1 is 1.16 bits per heavy atom. The van der Waals surface area contributed by atoms with Crippen molar-refractivity contribution in [1.82, 2.24) is 9.88 Å². The number of amides is 1. The molecule has 5 nitrogen and oxygen atoms in total. The molecule has 0 fully saturated rings. The number of nitrogens with zero attached hydrogens (tertiary/aromatic N) is 2. The van der Waals surface area contributed by atoms with Gasteiger partial charge in [0.15, 0.2) is 0 Å². The monoisotopic (exact) mass is 406 g/mol. The van der Waals surface area contributed by atoms with E-state index in [9.17, 15) is 4.79 Å². The molecular weight excluding hydrogens is 384 g/mol. The third-order valence-electron chi connectivity index (χ3n) is 3.68. The third kappa shape index (κ3) is 5.46. The molecule has 0 N–H and O–H groups in total. The highest BCUT2D eigenvalue weighted by molar-refractivity contribution is 9.08. The minimum absolute atomic E-state index is 0.297. The summed E-state index contributed by atoms with van der Waals surface area (Å²) in [6, 6.07) is 11.3. The molecule has 0 aliphatic carbocycles. The average molecular weight is 407 g/mol. The molecule has 0 atom stereocenters. The first-order chi connectivity index (χ1) is 11.8. The molecule has 0 radical (unpaired) electrons. The highest BCUT2D eigenvalue weighted by Crippen LogP contribution is 2.22. The van der Waals surface area contributed by atoms with Gasteiger partial charge in [0.1, 0.15) is 5.75 Å². The normalized spacial score (nSPS) is 11.1. The Balaban J connectivity index is 2.16. The highest BCUT2D eigenvalue weighted by Gasteiger charge is 2.28. The van der Waals surface area contributed by atoms with Crippen LogP contribution in [0.3, 0.4) is 0 Å². The van der Waals surface area contributed by atoms with E-state index in [0.717, 1.165) is 16.9 Å². The fraction of sp³-hybridized carbons (Fsp3) is 0.368. The van der Waals surface area contributed by atoms with Crippen molar-refractivity contribution in [3.63, 3.8) is 0 Å². The number of carbonyl (C=O) groups excluding carboxylic acids is 1. The van der Waals surface area contributed by atoms with Crippen LogP contribution in [0.25, 0.3) is 0 Å². The van der Waals surface area contributed by atoms with E-state index in [1.807, 2.05) is 51.1 Å². The van der Waals surface area contributed by atoms with Gasteiger partial charge in [-0.2, -0.15) is 0 Å². The van der Waals surface area contributed by atoms with Crippen LogP contribution in [0.4, 0.5) is 4.79 Å². The van der Waals surface area contributed by atoms with Crippen LogP contribution in [-0.2, 0) is 11.9 Å². The molecule has 2 rings (SSSR count). The molecule has 0 saturated heterocycles. The molecule has 0 unspecified atom stereocenters. The second-order valence-electron chi connectivity index (χ2n) is 6.61. The number of methoxy groups -OCH3 is 1. The zero-order valence-electron chi connectivity index (χ0n) is 15.0. The van der Waals surface area contributed by atoms with Gasteiger partial charge in [0.25, 0.3) is 0 Å². The molecule has 0 aliphatic rings. The van der Waals surface area contributed by atoms with Crippen molar-refractivity contribution >= 4 is 22.0 Å². The lowest BCUT2D eigenvalue weighted by molar-refractivity contribution is 0.100. The molecule has 0 bridgehead atoms. The largest absolute Gasteiger partial charge is 0.497 e. The molecule has 1 heterocycles. The number of aromatic nitrogens is 1. The fourth-order valence-electron chi connectivity index (χ4n) is 2.22. The van der Waals surface area contributed by atoms with Crippen LogP contribution in [0.15, 0.2) is 42.6 Å². The SMILES string of the molecule is COc1ccc(CN(C(=O)Oc2cc(CBr)ccn2)C(C)(C)C)cc1. The van der Waals surface area contributed by atoms with Crippen LogP contribution in [0.5, 0.6) is 11.6 Å². The predicted molar refractivity (Wildman–Crippen MR) is 101 cm³/mol. The number of hydrogen-bond acceptors (Lipinski definition) is 4. The summed E-state index contributed by atoms with van der Waals surface area (Å²) in [5.74, 6) is 1.08. The highest BCUT2D eigenvalue weighted by atomic mass is 79.9. The van der Waals surface area contributed by atoms with Gasteiger partial charge < -0.3 is 9.47 Å². The van der Waals surface area contributed by atoms with Gasteiger partial charge in [-0.1, -0.05) is 28.1 Å². The van der Waals surface area contributed by atoms with E-state index in [0.29, 0.717) is 17.8 Å². The minimum atomic E-state index is -0.428. The van der Waals surface area contributed by atoms with Gasteiger partial charge in [-0.15, -0.1) is 0 Å².